The van der Waals surface area contributed by atoms with E-state index in [0.29, 0.717) is 5.92 Å². The van der Waals surface area contributed by atoms with Gasteiger partial charge in [0.2, 0.25) is 0 Å². The van der Waals surface area contributed by atoms with E-state index in [1.54, 1.807) is 0 Å². The van der Waals surface area contributed by atoms with Crippen LogP contribution in [-0.4, -0.2) is 5.11 Å². The first kappa shape index (κ1) is 13.1. The lowest BCUT2D eigenvalue weighted by atomic mass is 9.84. The fourth-order valence-corrected chi connectivity index (χ4v) is 3.39. The summed E-state index contributed by atoms with van der Waals surface area (Å²) in [6.07, 6.45) is 2.26. The van der Waals surface area contributed by atoms with Crippen LogP contribution in [0.4, 0.5) is 0 Å². The van der Waals surface area contributed by atoms with E-state index < -0.39 is 0 Å². The summed E-state index contributed by atoms with van der Waals surface area (Å²) in [5, 5.41) is 12.2. The van der Waals surface area contributed by atoms with Crippen LogP contribution in [0.5, 0.6) is 0 Å². The van der Waals surface area contributed by atoms with E-state index >= 15 is 0 Å². The summed E-state index contributed by atoms with van der Waals surface area (Å²) in [6, 6.07) is 12.6. The fourth-order valence-electron chi connectivity index (χ4n) is 3.39. The highest BCUT2D eigenvalue weighted by Crippen LogP contribution is 2.41. The van der Waals surface area contributed by atoms with Crippen molar-refractivity contribution in [1.29, 1.82) is 0 Å². The van der Waals surface area contributed by atoms with Crippen molar-refractivity contribution >= 4 is 10.8 Å². The molecule has 0 bridgehead atoms. The predicted molar refractivity (Wildman–Crippen MR) is 84.7 cm³/mol. The molecular formula is C19H20O. The molecule has 1 heteroatoms. The second-order valence-corrected chi connectivity index (χ2v) is 5.70. The molecule has 1 atom stereocenters. The molecule has 0 spiro atoms. The van der Waals surface area contributed by atoms with Gasteiger partial charge in [0.05, 0.1) is 6.61 Å². The average molecular weight is 264 g/mol. The first-order valence-corrected chi connectivity index (χ1v) is 7.10. The van der Waals surface area contributed by atoms with Crippen molar-refractivity contribution in [2.75, 3.05) is 0 Å². The van der Waals surface area contributed by atoms with E-state index in [-0.39, 0.29) is 6.61 Å². The quantitative estimate of drug-likeness (QED) is 0.832. The Kier molecular flexibility index (Phi) is 3.23. The lowest BCUT2D eigenvalue weighted by Gasteiger charge is -2.20. The third-order valence-electron chi connectivity index (χ3n) is 4.50. The number of aliphatic hydroxyl groups is 1. The number of hydrogen-bond acceptors (Lipinski definition) is 1. The number of aliphatic hydroxyl groups excluding tert-OH is 1. The molecule has 0 aliphatic heterocycles. The normalized spacial score (nSPS) is 18.8. The molecule has 2 aromatic carbocycles. The van der Waals surface area contributed by atoms with Gasteiger partial charge in [-0.05, 0) is 42.7 Å². The number of allylic oxidation sites excluding steroid dienone is 4. The maximum Gasteiger partial charge on any atom is 0.0690 e. The summed E-state index contributed by atoms with van der Waals surface area (Å²) in [6.45, 7) is 6.63. The molecule has 2 aromatic rings. The van der Waals surface area contributed by atoms with Gasteiger partial charge in [0, 0.05) is 5.92 Å². The number of fused-ring (bicyclic) bond motifs is 1. The lowest BCUT2D eigenvalue weighted by molar-refractivity contribution is 0.282. The van der Waals surface area contributed by atoms with Gasteiger partial charge < -0.3 is 5.11 Å². The van der Waals surface area contributed by atoms with Crippen molar-refractivity contribution in [1.82, 2.24) is 0 Å². The van der Waals surface area contributed by atoms with Crippen molar-refractivity contribution in [2.45, 2.75) is 33.3 Å². The molecule has 1 unspecified atom stereocenters. The lowest BCUT2D eigenvalue weighted by Crippen LogP contribution is -2.04. The zero-order chi connectivity index (χ0) is 14.3. The Bertz CT molecular complexity index is 735. The summed E-state index contributed by atoms with van der Waals surface area (Å²) in [4.78, 5) is 0. The molecule has 0 saturated heterocycles. The Morgan fingerprint density at radius 2 is 1.75 bits per heavy atom. The van der Waals surface area contributed by atoms with Gasteiger partial charge in [0.15, 0.2) is 0 Å². The molecule has 1 aliphatic rings. The minimum absolute atomic E-state index is 0.0901. The molecule has 0 aromatic heterocycles. The zero-order valence-corrected chi connectivity index (χ0v) is 12.3. The predicted octanol–water partition coefficient (Wildman–Crippen LogP) is 4.71. The molecule has 0 heterocycles. The molecule has 1 aliphatic carbocycles. The molecule has 3 rings (SSSR count). The minimum Gasteiger partial charge on any atom is -0.392 e. The molecule has 0 fully saturated rings. The van der Waals surface area contributed by atoms with Crippen LogP contribution in [0, 0.1) is 0 Å². The van der Waals surface area contributed by atoms with E-state index in [4.69, 9.17) is 0 Å². The van der Waals surface area contributed by atoms with Gasteiger partial charge >= 0.3 is 0 Å². The molecule has 0 saturated carbocycles. The first-order valence-electron chi connectivity index (χ1n) is 7.10. The molecule has 0 amide bonds. The molecular weight excluding hydrogens is 244 g/mol. The van der Waals surface area contributed by atoms with Gasteiger partial charge in [-0.25, -0.2) is 0 Å². The van der Waals surface area contributed by atoms with Crippen LogP contribution in [0.15, 0.2) is 59.2 Å². The average Bonchev–Trinajstić information content (AvgIpc) is 2.71. The maximum atomic E-state index is 9.88. The standard InChI is InChI=1S/C19H20O/c1-12-10-13(2)19(14(12)3)17-9-8-15-6-4-5-7-16(15)18(17)11-20/h4-10,19-20H,11H2,1-3H3. The summed E-state index contributed by atoms with van der Waals surface area (Å²) < 4.78 is 0. The van der Waals surface area contributed by atoms with Gasteiger partial charge in [-0.3, -0.25) is 0 Å². The smallest absolute Gasteiger partial charge is 0.0690 e. The first-order chi connectivity index (χ1) is 9.63. The van der Waals surface area contributed by atoms with Crippen LogP contribution in [0.1, 0.15) is 37.8 Å². The molecule has 1 nitrogen and oxygen atoms in total. The van der Waals surface area contributed by atoms with Crippen LogP contribution in [0.25, 0.3) is 10.8 Å². The Hall–Kier alpha value is -1.86. The number of rotatable bonds is 2. The second kappa shape index (κ2) is 4.92. The largest absolute Gasteiger partial charge is 0.392 e. The summed E-state index contributed by atoms with van der Waals surface area (Å²) in [5.74, 6) is 0.321. The van der Waals surface area contributed by atoms with Gasteiger partial charge in [0.25, 0.3) is 0 Å². The molecule has 1 N–H and O–H groups in total. The van der Waals surface area contributed by atoms with Crippen molar-refractivity contribution in [2.24, 2.45) is 0 Å². The Morgan fingerprint density at radius 3 is 2.40 bits per heavy atom. The van der Waals surface area contributed by atoms with Crippen molar-refractivity contribution < 1.29 is 5.11 Å². The van der Waals surface area contributed by atoms with Gasteiger partial charge in [-0.2, -0.15) is 0 Å². The van der Waals surface area contributed by atoms with E-state index in [1.165, 1.54) is 27.7 Å². The fraction of sp³-hybridized carbons (Fsp3) is 0.263. The highest BCUT2D eigenvalue weighted by atomic mass is 16.3. The summed E-state index contributed by atoms with van der Waals surface area (Å²) in [5.41, 5.74) is 6.42. The van der Waals surface area contributed by atoms with Crippen LogP contribution in [-0.2, 0) is 6.61 Å². The summed E-state index contributed by atoms with van der Waals surface area (Å²) in [7, 11) is 0. The van der Waals surface area contributed by atoms with Crippen LogP contribution < -0.4 is 0 Å². The Morgan fingerprint density at radius 1 is 1.00 bits per heavy atom. The van der Waals surface area contributed by atoms with E-state index in [1.807, 2.05) is 12.1 Å². The Balaban J connectivity index is 2.25. The van der Waals surface area contributed by atoms with Crippen LogP contribution in [0.2, 0.25) is 0 Å². The van der Waals surface area contributed by atoms with E-state index in [9.17, 15) is 5.11 Å². The molecule has 20 heavy (non-hydrogen) atoms. The van der Waals surface area contributed by atoms with Crippen LogP contribution in [0.3, 0.4) is 0 Å². The highest BCUT2D eigenvalue weighted by Gasteiger charge is 2.24. The minimum atomic E-state index is 0.0901. The maximum absolute atomic E-state index is 9.88. The van der Waals surface area contributed by atoms with Gasteiger partial charge in [-0.1, -0.05) is 59.2 Å². The number of benzene rings is 2. The highest BCUT2D eigenvalue weighted by molar-refractivity contribution is 5.87. The van der Waals surface area contributed by atoms with Crippen molar-refractivity contribution in [3.05, 3.63) is 70.3 Å². The topological polar surface area (TPSA) is 20.2 Å². The molecule has 0 radical (unpaired) electrons. The SMILES string of the molecule is CC1=CC(C)=C(C)C1c1ccc2ccccc2c1CO. The third kappa shape index (κ3) is 1.90. The van der Waals surface area contributed by atoms with Crippen molar-refractivity contribution in [3.63, 3.8) is 0 Å². The van der Waals surface area contributed by atoms with Gasteiger partial charge in [-0.15, -0.1) is 0 Å². The molecule has 102 valence electrons. The third-order valence-corrected chi connectivity index (χ3v) is 4.50. The second-order valence-electron chi connectivity index (χ2n) is 5.70. The van der Waals surface area contributed by atoms with E-state index in [0.717, 1.165) is 10.9 Å². The Labute approximate surface area is 120 Å². The van der Waals surface area contributed by atoms with Crippen LogP contribution >= 0.6 is 0 Å². The van der Waals surface area contributed by atoms with E-state index in [2.05, 4.69) is 51.1 Å². The number of hydrogen-bond donors (Lipinski definition) is 1. The monoisotopic (exact) mass is 264 g/mol. The van der Waals surface area contributed by atoms with Gasteiger partial charge in [0.1, 0.15) is 0 Å². The summed E-state index contributed by atoms with van der Waals surface area (Å²) >= 11 is 0. The van der Waals surface area contributed by atoms with Crippen molar-refractivity contribution in [3.8, 4) is 0 Å². The zero-order valence-electron chi connectivity index (χ0n) is 12.3.